The number of aromatic nitrogens is 2. The minimum absolute atomic E-state index is 0.114. The average Bonchev–Trinajstić information content (AvgIpc) is 2.89. The maximum absolute atomic E-state index is 13.1. The predicted molar refractivity (Wildman–Crippen MR) is 133 cm³/mol. The third kappa shape index (κ3) is 5.26. The highest BCUT2D eigenvalue weighted by molar-refractivity contribution is 7.89. The minimum atomic E-state index is -3.61. The Balaban J connectivity index is 1.38. The summed E-state index contributed by atoms with van der Waals surface area (Å²) in [4.78, 5) is 13.8. The smallest absolute Gasteiger partial charge is 0.243 e. The molecule has 1 aliphatic heterocycles. The van der Waals surface area contributed by atoms with Crippen molar-refractivity contribution in [1.29, 1.82) is 0 Å². The number of carbonyl (C=O) groups is 1. The van der Waals surface area contributed by atoms with E-state index in [1.807, 2.05) is 17.0 Å². The largest absolute Gasteiger partial charge is 0.352 e. The Labute approximate surface area is 200 Å². The Hall–Kier alpha value is -3.30. The van der Waals surface area contributed by atoms with Gasteiger partial charge in [0.15, 0.2) is 5.82 Å². The summed E-state index contributed by atoms with van der Waals surface area (Å²) in [5.74, 6) is 0.624. The van der Waals surface area contributed by atoms with Crippen LogP contribution in [0.15, 0.2) is 65.6 Å². The summed E-state index contributed by atoms with van der Waals surface area (Å²) in [6.45, 7) is 5.67. The lowest BCUT2D eigenvalue weighted by atomic mass is 10.1. The van der Waals surface area contributed by atoms with Gasteiger partial charge < -0.3 is 10.2 Å². The molecule has 2 aromatic carbocycles. The zero-order valence-corrected chi connectivity index (χ0v) is 20.3. The van der Waals surface area contributed by atoms with Crippen LogP contribution in [0.4, 0.5) is 11.5 Å². The van der Waals surface area contributed by atoms with Crippen molar-refractivity contribution in [2.24, 2.45) is 0 Å². The molecule has 178 valence electrons. The van der Waals surface area contributed by atoms with Gasteiger partial charge >= 0.3 is 0 Å². The SMILES string of the molecule is CCC(=O)Nc1ccc(S(=O)(=O)N2CCN(c3ccc(-c4ccc(CC)cc4)nn3)CC2)cc1. The van der Waals surface area contributed by atoms with Crippen LogP contribution < -0.4 is 10.2 Å². The Morgan fingerprint density at radius 2 is 1.56 bits per heavy atom. The highest BCUT2D eigenvalue weighted by Gasteiger charge is 2.29. The van der Waals surface area contributed by atoms with Gasteiger partial charge in [-0.05, 0) is 48.4 Å². The second kappa shape index (κ2) is 10.3. The number of benzene rings is 2. The summed E-state index contributed by atoms with van der Waals surface area (Å²) >= 11 is 0. The first-order chi connectivity index (χ1) is 16.4. The molecule has 0 bridgehead atoms. The van der Waals surface area contributed by atoms with Crippen molar-refractivity contribution < 1.29 is 13.2 Å². The van der Waals surface area contributed by atoms with E-state index in [0.717, 1.165) is 23.5 Å². The molecule has 0 atom stereocenters. The van der Waals surface area contributed by atoms with Crippen molar-refractivity contribution in [1.82, 2.24) is 14.5 Å². The van der Waals surface area contributed by atoms with Gasteiger partial charge in [0, 0.05) is 43.9 Å². The lowest BCUT2D eigenvalue weighted by molar-refractivity contribution is -0.115. The number of amides is 1. The first kappa shape index (κ1) is 23.8. The molecule has 1 amide bonds. The predicted octanol–water partition coefficient (Wildman–Crippen LogP) is 3.57. The van der Waals surface area contributed by atoms with Crippen molar-refractivity contribution in [3.05, 3.63) is 66.2 Å². The number of carbonyl (C=O) groups excluding carboxylic acids is 1. The fourth-order valence-electron chi connectivity index (χ4n) is 3.83. The summed E-state index contributed by atoms with van der Waals surface area (Å²) in [6, 6.07) is 18.5. The van der Waals surface area contributed by atoms with Gasteiger partial charge in [0.2, 0.25) is 15.9 Å². The van der Waals surface area contributed by atoms with Crippen LogP contribution in [0.5, 0.6) is 0 Å². The fraction of sp³-hybridized carbons (Fsp3) is 0.320. The molecule has 0 saturated carbocycles. The van der Waals surface area contributed by atoms with Crippen molar-refractivity contribution in [2.75, 3.05) is 36.4 Å². The number of hydrogen-bond donors (Lipinski definition) is 1. The summed E-state index contributed by atoms with van der Waals surface area (Å²) in [7, 11) is -3.61. The number of nitrogens with zero attached hydrogens (tertiary/aromatic N) is 4. The van der Waals surface area contributed by atoms with Crippen LogP contribution in [0, 0.1) is 0 Å². The van der Waals surface area contributed by atoms with Crippen molar-refractivity contribution >= 4 is 27.4 Å². The molecule has 4 rings (SSSR count). The van der Waals surface area contributed by atoms with Crippen LogP contribution in [0.2, 0.25) is 0 Å². The standard InChI is InChI=1S/C25H29N5O3S/c1-3-19-5-7-20(8-6-19)23-13-14-24(28-27-23)29-15-17-30(18-16-29)34(32,33)22-11-9-21(10-12-22)26-25(31)4-2/h5-14H,3-4,15-18H2,1-2H3,(H,26,31). The summed E-state index contributed by atoms with van der Waals surface area (Å²) < 4.78 is 27.6. The molecule has 8 nitrogen and oxygen atoms in total. The second-order valence-corrected chi connectivity index (χ2v) is 10.1. The van der Waals surface area contributed by atoms with Gasteiger partial charge in [0.05, 0.1) is 10.6 Å². The summed E-state index contributed by atoms with van der Waals surface area (Å²) in [5.41, 5.74) is 3.69. The molecule has 0 unspecified atom stereocenters. The molecule has 1 saturated heterocycles. The quantitative estimate of drug-likeness (QED) is 0.557. The number of anilines is 2. The third-order valence-electron chi connectivity index (χ3n) is 5.97. The topological polar surface area (TPSA) is 95.5 Å². The molecule has 1 N–H and O–H groups in total. The van der Waals surface area contributed by atoms with Gasteiger partial charge in [-0.25, -0.2) is 8.42 Å². The number of hydrogen-bond acceptors (Lipinski definition) is 6. The minimum Gasteiger partial charge on any atom is -0.352 e. The van der Waals surface area contributed by atoms with E-state index >= 15 is 0 Å². The summed E-state index contributed by atoms with van der Waals surface area (Å²) in [6.07, 6.45) is 1.36. The molecule has 1 aliphatic rings. The molecule has 1 aromatic heterocycles. The van der Waals surface area contributed by atoms with E-state index in [1.165, 1.54) is 22.0 Å². The van der Waals surface area contributed by atoms with Gasteiger partial charge in [-0.1, -0.05) is 38.1 Å². The second-order valence-electron chi connectivity index (χ2n) is 8.14. The monoisotopic (exact) mass is 479 g/mol. The van der Waals surface area contributed by atoms with Crippen molar-refractivity contribution in [2.45, 2.75) is 31.6 Å². The molecule has 3 aromatic rings. The number of sulfonamides is 1. The third-order valence-corrected chi connectivity index (χ3v) is 7.88. The van der Waals surface area contributed by atoms with Crippen molar-refractivity contribution in [3.8, 4) is 11.3 Å². The molecule has 1 fully saturated rings. The number of rotatable bonds is 7. The fourth-order valence-corrected chi connectivity index (χ4v) is 5.25. The van der Waals surface area contributed by atoms with E-state index in [9.17, 15) is 13.2 Å². The van der Waals surface area contributed by atoms with Gasteiger partial charge in [-0.3, -0.25) is 4.79 Å². The van der Waals surface area contributed by atoms with Crippen LogP contribution in [0.25, 0.3) is 11.3 Å². The lowest BCUT2D eigenvalue weighted by Gasteiger charge is -2.34. The van der Waals surface area contributed by atoms with Crippen LogP contribution in [0.3, 0.4) is 0 Å². The van der Waals surface area contributed by atoms with Gasteiger partial charge in [0.1, 0.15) is 0 Å². The van der Waals surface area contributed by atoms with Crippen LogP contribution in [0.1, 0.15) is 25.8 Å². The van der Waals surface area contributed by atoms with E-state index in [4.69, 9.17) is 0 Å². The van der Waals surface area contributed by atoms with E-state index in [0.29, 0.717) is 38.3 Å². The van der Waals surface area contributed by atoms with Gasteiger partial charge in [-0.2, -0.15) is 4.31 Å². The van der Waals surface area contributed by atoms with E-state index in [2.05, 4.69) is 46.7 Å². The Kier molecular flexibility index (Phi) is 7.23. The highest BCUT2D eigenvalue weighted by atomic mass is 32.2. The van der Waals surface area contributed by atoms with E-state index in [1.54, 1.807) is 19.1 Å². The molecular formula is C25H29N5O3S. The highest BCUT2D eigenvalue weighted by Crippen LogP contribution is 2.23. The van der Waals surface area contributed by atoms with Crippen LogP contribution in [-0.2, 0) is 21.2 Å². The lowest BCUT2D eigenvalue weighted by Crippen LogP contribution is -2.49. The maximum atomic E-state index is 13.1. The Bertz CT molecular complexity index is 1220. The van der Waals surface area contributed by atoms with Gasteiger partial charge in [0.25, 0.3) is 0 Å². The Morgan fingerprint density at radius 3 is 2.12 bits per heavy atom. The molecule has 0 radical (unpaired) electrons. The van der Waals surface area contributed by atoms with E-state index in [-0.39, 0.29) is 10.8 Å². The zero-order chi connectivity index (χ0) is 24.1. The first-order valence-corrected chi connectivity index (χ1v) is 12.9. The maximum Gasteiger partial charge on any atom is 0.243 e. The Morgan fingerprint density at radius 1 is 0.882 bits per heavy atom. The van der Waals surface area contributed by atoms with Crippen LogP contribution >= 0.6 is 0 Å². The molecule has 9 heteroatoms. The molecular weight excluding hydrogens is 450 g/mol. The number of aryl methyl sites for hydroxylation is 1. The van der Waals surface area contributed by atoms with E-state index < -0.39 is 10.0 Å². The number of nitrogens with one attached hydrogen (secondary N) is 1. The summed E-state index contributed by atoms with van der Waals surface area (Å²) in [5, 5.41) is 11.5. The molecule has 0 spiro atoms. The number of piperazine rings is 1. The normalized spacial score (nSPS) is 14.7. The first-order valence-electron chi connectivity index (χ1n) is 11.5. The molecule has 2 heterocycles. The molecule has 34 heavy (non-hydrogen) atoms. The van der Waals surface area contributed by atoms with Crippen LogP contribution in [-0.4, -0.2) is 55.0 Å². The van der Waals surface area contributed by atoms with Crippen molar-refractivity contribution in [3.63, 3.8) is 0 Å². The zero-order valence-electron chi connectivity index (χ0n) is 19.4. The van der Waals surface area contributed by atoms with Gasteiger partial charge in [-0.15, -0.1) is 10.2 Å². The average molecular weight is 480 g/mol. The molecule has 0 aliphatic carbocycles.